The highest BCUT2D eigenvalue weighted by Gasteiger charge is 2.29. The van der Waals surface area contributed by atoms with E-state index in [9.17, 15) is 13.2 Å². The zero-order valence-electron chi connectivity index (χ0n) is 15.1. The third kappa shape index (κ3) is 6.61. The summed E-state index contributed by atoms with van der Waals surface area (Å²) in [4.78, 5) is 13.7. The Kier molecular flexibility index (Phi) is 6.82. The first-order chi connectivity index (χ1) is 12.0. The van der Waals surface area contributed by atoms with Gasteiger partial charge in [-0.3, -0.25) is 0 Å². The van der Waals surface area contributed by atoms with Gasteiger partial charge in [0.1, 0.15) is 5.60 Å². The average Bonchev–Trinajstić information content (AvgIpc) is 2.49. The van der Waals surface area contributed by atoms with E-state index in [1.54, 1.807) is 37.8 Å². The summed E-state index contributed by atoms with van der Waals surface area (Å²) in [6.07, 6.45) is 0.949. The molecule has 0 aromatic heterocycles. The summed E-state index contributed by atoms with van der Waals surface area (Å²) >= 11 is 11.8. The SMILES string of the molecule is CC(C)(C)OC(=O)N1CCC[C@H](NS(=O)(=O)Cc2ccc(Cl)c(Cl)c2)C1. The topological polar surface area (TPSA) is 75.7 Å². The molecule has 1 aromatic carbocycles. The van der Waals surface area contributed by atoms with Crippen molar-refractivity contribution >= 4 is 39.3 Å². The highest BCUT2D eigenvalue weighted by Crippen LogP contribution is 2.23. The number of rotatable bonds is 4. The fourth-order valence-electron chi connectivity index (χ4n) is 2.71. The van der Waals surface area contributed by atoms with E-state index in [4.69, 9.17) is 27.9 Å². The number of carbonyl (C=O) groups is 1. The molecule has 1 amide bonds. The van der Waals surface area contributed by atoms with Gasteiger partial charge < -0.3 is 9.64 Å². The molecule has 0 spiro atoms. The molecule has 1 N–H and O–H groups in total. The number of piperidine rings is 1. The van der Waals surface area contributed by atoms with Crippen LogP contribution in [-0.2, 0) is 20.5 Å². The number of ether oxygens (including phenoxy) is 1. The minimum absolute atomic E-state index is 0.202. The number of hydrogen-bond donors (Lipinski definition) is 1. The maximum atomic E-state index is 12.4. The van der Waals surface area contributed by atoms with Crippen LogP contribution in [0.4, 0.5) is 4.79 Å². The first-order valence-corrected chi connectivity index (χ1v) is 10.8. The number of sulfonamides is 1. The van der Waals surface area contributed by atoms with Crippen molar-refractivity contribution in [2.24, 2.45) is 0 Å². The van der Waals surface area contributed by atoms with Gasteiger partial charge in [0.05, 0.1) is 15.8 Å². The van der Waals surface area contributed by atoms with Gasteiger partial charge in [-0.05, 0) is 51.3 Å². The van der Waals surface area contributed by atoms with Crippen LogP contribution in [0.25, 0.3) is 0 Å². The van der Waals surface area contributed by atoms with Gasteiger partial charge in [-0.25, -0.2) is 17.9 Å². The summed E-state index contributed by atoms with van der Waals surface area (Å²) in [6.45, 7) is 6.24. The van der Waals surface area contributed by atoms with Gasteiger partial charge in [-0.15, -0.1) is 0 Å². The van der Waals surface area contributed by atoms with Crippen molar-refractivity contribution in [3.63, 3.8) is 0 Å². The number of hydrogen-bond acceptors (Lipinski definition) is 4. The molecule has 0 radical (unpaired) electrons. The van der Waals surface area contributed by atoms with E-state index in [-0.39, 0.29) is 18.3 Å². The van der Waals surface area contributed by atoms with Gasteiger partial charge in [0.2, 0.25) is 10.0 Å². The fourth-order valence-corrected chi connectivity index (χ4v) is 4.43. The van der Waals surface area contributed by atoms with E-state index < -0.39 is 21.7 Å². The van der Waals surface area contributed by atoms with Crippen molar-refractivity contribution in [2.45, 2.75) is 51.0 Å². The predicted molar refractivity (Wildman–Crippen MR) is 103 cm³/mol. The minimum atomic E-state index is -3.58. The van der Waals surface area contributed by atoms with Crippen molar-refractivity contribution < 1.29 is 17.9 Å². The van der Waals surface area contributed by atoms with Gasteiger partial charge in [-0.2, -0.15) is 0 Å². The van der Waals surface area contributed by atoms with Crippen LogP contribution in [0.15, 0.2) is 18.2 Å². The molecule has 1 fully saturated rings. The Bertz CT molecular complexity index is 763. The van der Waals surface area contributed by atoms with Gasteiger partial charge >= 0.3 is 6.09 Å². The summed E-state index contributed by atoms with van der Waals surface area (Å²) in [5, 5.41) is 0.689. The van der Waals surface area contributed by atoms with Crippen molar-refractivity contribution in [2.75, 3.05) is 13.1 Å². The highest BCUT2D eigenvalue weighted by atomic mass is 35.5. The molecule has 146 valence electrons. The second kappa shape index (κ2) is 8.33. The first-order valence-electron chi connectivity index (χ1n) is 8.37. The number of halogens is 2. The Morgan fingerprint density at radius 1 is 1.31 bits per heavy atom. The Morgan fingerprint density at radius 3 is 2.62 bits per heavy atom. The van der Waals surface area contributed by atoms with Crippen LogP contribution < -0.4 is 4.72 Å². The van der Waals surface area contributed by atoms with E-state index >= 15 is 0 Å². The molecule has 1 heterocycles. The lowest BCUT2D eigenvalue weighted by Crippen LogP contribution is -2.50. The summed E-state index contributed by atoms with van der Waals surface area (Å²) in [7, 11) is -3.58. The first kappa shape index (κ1) is 21.3. The smallest absolute Gasteiger partial charge is 0.410 e. The van der Waals surface area contributed by atoms with E-state index in [0.29, 0.717) is 35.0 Å². The summed E-state index contributed by atoms with van der Waals surface area (Å²) < 4.78 is 32.9. The maximum Gasteiger partial charge on any atom is 0.410 e. The van der Waals surface area contributed by atoms with Crippen molar-refractivity contribution in [1.82, 2.24) is 9.62 Å². The van der Waals surface area contributed by atoms with E-state index in [1.165, 1.54) is 6.07 Å². The molecule has 1 aromatic rings. The molecule has 6 nitrogen and oxygen atoms in total. The van der Waals surface area contributed by atoms with Crippen LogP contribution in [0.5, 0.6) is 0 Å². The summed E-state index contributed by atoms with van der Waals surface area (Å²) in [5.41, 5.74) is -0.0381. The Morgan fingerprint density at radius 2 is 2.00 bits per heavy atom. The molecule has 26 heavy (non-hydrogen) atoms. The molecule has 0 saturated carbocycles. The second-order valence-corrected chi connectivity index (χ2v) is 9.96. The van der Waals surface area contributed by atoms with Crippen LogP contribution in [-0.4, -0.2) is 44.1 Å². The molecular formula is C17H24Cl2N2O4S. The number of amides is 1. The lowest BCUT2D eigenvalue weighted by Gasteiger charge is -2.34. The minimum Gasteiger partial charge on any atom is -0.444 e. The molecule has 2 rings (SSSR count). The lowest BCUT2D eigenvalue weighted by molar-refractivity contribution is 0.0195. The van der Waals surface area contributed by atoms with Crippen LogP contribution >= 0.6 is 23.2 Å². The Hall–Kier alpha value is -1.02. The largest absolute Gasteiger partial charge is 0.444 e. The lowest BCUT2D eigenvalue weighted by atomic mass is 10.1. The average molecular weight is 423 g/mol. The molecule has 1 aliphatic heterocycles. The second-order valence-electron chi connectivity index (χ2n) is 7.39. The van der Waals surface area contributed by atoms with Gasteiger partial charge in [0.25, 0.3) is 0 Å². The molecule has 1 aliphatic rings. The number of likely N-dealkylation sites (tertiary alicyclic amines) is 1. The summed E-state index contributed by atoms with van der Waals surface area (Å²) in [5.74, 6) is -0.202. The molecule has 0 bridgehead atoms. The number of nitrogens with one attached hydrogen (secondary N) is 1. The van der Waals surface area contributed by atoms with Crippen molar-refractivity contribution in [1.29, 1.82) is 0 Å². The van der Waals surface area contributed by atoms with E-state index in [2.05, 4.69) is 4.72 Å². The molecule has 0 aliphatic carbocycles. The van der Waals surface area contributed by atoms with Gasteiger partial charge in [-0.1, -0.05) is 29.3 Å². The zero-order valence-corrected chi connectivity index (χ0v) is 17.4. The standard InChI is InChI=1S/C17H24Cl2N2O4S/c1-17(2,3)25-16(22)21-8-4-5-13(10-21)20-26(23,24)11-12-6-7-14(18)15(19)9-12/h6-7,9,13,20H,4-5,8,10-11H2,1-3H3/t13-/m0/s1. The number of carbonyl (C=O) groups excluding carboxylic acids is 1. The third-order valence-electron chi connectivity index (χ3n) is 3.76. The third-order valence-corrected chi connectivity index (χ3v) is 5.90. The zero-order chi connectivity index (χ0) is 19.5. The Labute approximate surface area is 164 Å². The number of benzene rings is 1. The van der Waals surface area contributed by atoms with Crippen molar-refractivity contribution in [3.05, 3.63) is 33.8 Å². The monoisotopic (exact) mass is 422 g/mol. The summed E-state index contributed by atoms with van der Waals surface area (Å²) in [6, 6.07) is 4.39. The van der Waals surface area contributed by atoms with Crippen LogP contribution in [0.3, 0.4) is 0 Å². The molecule has 0 unspecified atom stereocenters. The van der Waals surface area contributed by atoms with Crippen LogP contribution in [0.1, 0.15) is 39.2 Å². The Balaban J connectivity index is 1.97. The fraction of sp³-hybridized carbons (Fsp3) is 0.588. The highest BCUT2D eigenvalue weighted by molar-refractivity contribution is 7.88. The van der Waals surface area contributed by atoms with E-state index in [1.807, 2.05) is 0 Å². The maximum absolute atomic E-state index is 12.4. The van der Waals surface area contributed by atoms with Crippen LogP contribution in [0.2, 0.25) is 10.0 Å². The molecular weight excluding hydrogens is 399 g/mol. The predicted octanol–water partition coefficient (Wildman–Crippen LogP) is 3.81. The van der Waals surface area contributed by atoms with Crippen molar-refractivity contribution in [3.8, 4) is 0 Å². The molecule has 1 saturated heterocycles. The number of nitrogens with zero attached hydrogens (tertiary/aromatic N) is 1. The van der Waals surface area contributed by atoms with Gasteiger partial charge in [0, 0.05) is 19.1 Å². The molecule has 1 atom stereocenters. The quantitative estimate of drug-likeness (QED) is 0.799. The van der Waals surface area contributed by atoms with Crippen LogP contribution in [0, 0.1) is 0 Å². The van der Waals surface area contributed by atoms with E-state index in [0.717, 1.165) is 0 Å². The molecule has 9 heteroatoms. The normalized spacial score (nSPS) is 18.7. The van der Waals surface area contributed by atoms with Gasteiger partial charge in [0.15, 0.2) is 0 Å².